The van der Waals surface area contributed by atoms with Crippen LogP contribution in [0.25, 0.3) is 0 Å². The van der Waals surface area contributed by atoms with Gasteiger partial charge in [0, 0.05) is 23.8 Å². The highest BCUT2D eigenvalue weighted by Gasteiger charge is 2.08. The number of aromatic amines is 1. The minimum absolute atomic E-state index is 0.529. The smallest absolute Gasteiger partial charge is 0.165 e. The van der Waals surface area contributed by atoms with Crippen LogP contribution in [0, 0.1) is 0 Å². The van der Waals surface area contributed by atoms with E-state index in [1.165, 1.54) is 11.8 Å². The van der Waals surface area contributed by atoms with Crippen LogP contribution in [0.2, 0.25) is 0 Å². The summed E-state index contributed by atoms with van der Waals surface area (Å²) in [5.41, 5.74) is 7.15. The Hall–Kier alpha value is -1.46. The van der Waals surface area contributed by atoms with Gasteiger partial charge in [-0.2, -0.15) is 0 Å². The average molecular weight is 235 g/mol. The average Bonchev–Trinajstić information content (AvgIpc) is 2.78. The van der Waals surface area contributed by atoms with Crippen LogP contribution in [-0.4, -0.2) is 20.8 Å². The van der Waals surface area contributed by atoms with Crippen molar-refractivity contribution in [2.24, 2.45) is 0 Å². The molecular formula is C11H13N3OS. The number of H-pyrrole nitrogens is 1. The summed E-state index contributed by atoms with van der Waals surface area (Å²) < 4.78 is 0. The zero-order valence-electron chi connectivity index (χ0n) is 8.63. The van der Waals surface area contributed by atoms with Crippen molar-refractivity contribution < 1.29 is 5.11 Å². The largest absolute Gasteiger partial charge is 0.399 e. The van der Waals surface area contributed by atoms with Gasteiger partial charge >= 0.3 is 0 Å². The molecule has 0 fully saturated rings. The molecule has 2 aromatic rings. The van der Waals surface area contributed by atoms with E-state index in [0.29, 0.717) is 11.4 Å². The van der Waals surface area contributed by atoms with Crippen molar-refractivity contribution in [2.75, 3.05) is 11.5 Å². The molecule has 0 aliphatic rings. The Kier molecular flexibility index (Phi) is 3.48. The molecule has 0 saturated heterocycles. The highest BCUT2D eigenvalue weighted by molar-refractivity contribution is 7.99. The van der Waals surface area contributed by atoms with E-state index < -0.39 is 6.10 Å². The fraction of sp³-hybridized carbons (Fsp3) is 0.182. The lowest BCUT2D eigenvalue weighted by Gasteiger charge is -2.09. The number of anilines is 1. The first-order valence-corrected chi connectivity index (χ1v) is 5.90. The molecule has 5 heteroatoms. The normalized spacial score (nSPS) is 12.6. The zero-order chi connectivity index (χ0) is 11.4. The number of nitrogen functional groups attached to an aromatic ring is 1. The Morgan fingerprint density at radius 2 is 2.38 bits per heavy atom. The SMILES string of the molecule is Nc1cccc(C(O)CSc2ncc[nH]2)c1. The molecule has 1 unspecified atom stereocenters. The zero-order valence-corrected chi connectivity index (χ0v) is 9.45. The van der Waals surface area contributed by atoms with Gasteiger partial charge in [-0.3, -0.25) is 0 Å². The molecule has 1 atom stereocenters. The Bertz CT molecular complexity index is 444. The monoisotopic (exact) mass is 235 g/mol. The van der Waals surface area contributed by atoms with Gasteiger partial charge in [0.05, 0.1) is 6.10 Å². The third kappa shape index (κ3) is 2.77. The summed E-state index contributed by atoms with van der Waals surface area (Å²) in [6.45, 7) is 0. The van der Waals surface area contributed by atoms with Crippen LogP contribution in [0.4, 0.5) is 5.69 Å². The maximum Gasteiger partial charge on any atom is 0.165 e. The third-order valence-electron chi connectivity index (χ3n) is 2.15. The van der Waals surface area contributed by atoms with E-state index in [4.69, 9.17) is 5.73 Å². The molecule has 0 aliphatic heterocycles. The highest BCUT2D eigenvalue weighted by Crippen LogP contribution is 2.23. The number of nitrogens with zero attached hydrogens (tertiary/aromatic N) is 1. The molecule has 1 aromatic carbocycles. The molecule has 1 heterocycles. The Balaban J connectivity index is 1.95. The van der Waals surface area contributed by atoms with Crippen molar-refractivity contribution in [3.8, 4) is 0 Å². The summed E-state index contributed by atoms with van der Waals surface area (Å²) >= 11 is 1.48. The van der Waals surface area contributed by atoms with E-state index in [0.717, 1.165) is 10.7 Å². The summed E-state index contributed by atoms with van der Waals surface area (Å²) in [6, 6.07) is 7.29. The van der Waals surface area contributed by atoms with Gasteiger partial charge in [-0.15, -0.1) is 0 Å². The Morgan fingerprint density at radius 3 is 3.06 bits per heavy atom. The molecule has 2 rings (SSSR count). The topological polar surface area (TPSA) is 74.9 Å². The first-order chi connectivity index (χ1) is 7.75. The molecule has 0 spiro atoms. The van der Waals surface area contributed by atoms with E-state index in [9.17, 15) is 5.11 Å². The van der Waals surface area contributed by atoms with Gasteiger partial charge in [0.2, 0.25) is 0 Å². The molecule has 4 nitrogen and oxygen atoms in total. The Morgan fingerprint density at radius 1 is 1.50 bits per heavy atom. The Labute approximate surface area is 97.9 Å². The number of nitrogens with two attached hydrogens (primary N) is 1. The summed E-state index contributed by atoms with van der Waals surface area (Å²) in [4.78, 5) is 7.04. The number of imidazole rings is 1. The summed E-state index contributed by atoms with van der Waals surface area (Å²) in [7, 11) is 0. The van der Waals surface area contributed by atoms with Gasteiger partial charge < -0.3 is 15.8 Å². The highest BCUT2D eigenvalue weighted by atomic mass is 32.2. The van der Waals surface area contributed by atoms with E-state index in [-0.39, 0.29) is 0 Å². The third-order valence-corrected chi connectivity index (χ3v) is 3.13. The standard InChI is InChI=1S/C11H13N3OS/c12-9-3-1-2-8(6-9)10(15)7-16-11-13-4-5-14-11/h1-6,10,15H,7,12H2,(H,13,14). The summed E-state index contributed by atoms with van der Waals surface area (Å²) in [5, 5.41) is 10.7. The molecule has 0 radical (unpaired) electrons. The van der Waals surface area contributed by atoms with Crippen LogP contribution in [0.3, 0.4) is 0 Å². The maximum absolute atomic E-state index is 9.93. The minimum atomic E-state index is -0.529. The molecular weight excluding hydrogens is 222 g/mol. The fourth-order valence-corrected chi connectivity index (χ4v) is 2.15. The van der Waals surface area contributed by atoms with Crippen molar-refractivity contribution in [3.63, 3.8) is 0 Å². The number of hydrogen-bond acceptors (Lipinski definition) is 4. The summed E-state index contributed by atoms with van der Waals surface area (Å²) in [5.74, 6) is 0.553. The van der Waals surface area contributed by atoms with Crippen LogP contribution < -0.4 is 5.73 Å². The van der Waals surface area contributed by atoms with Crippen LogP contribution in [0.1, 0.15) is 11.7 Å². The number of aliphatic hydroxyl groups is 1. The van der Waals surface area contributed by atoms with E-state index in [2.05, 4.69) is 9.97 Å². The van der Waals surface area contributed by atoms with Crippen LogP contribution >= 0.6 is 11.8 Å². The molecule has 0 bridgehead atoms. The minimum Gasteiger partial charge on any atom is -0.399 e. The predicted molar refractivity (Wildman–Crippen MR) is 65.1 cm³/mol. The lowest BCUT2D eigenvalue weighted by Crippen LogP contribution is -2.01. The number of thioether (sulfide) groups is 1. The van der Waals surface area contributed by atoms with E-state index >= 15 is 0 Å². The van der Waals surface area contributed by atoms with Crippen molar-refractivity contribution in [1.29, 1.82) is 0 Å². The van der Waals surface area contributed by atoms with Crippen LogP contribution in [-0.2, 0) is 0 Å². The lowest BCUT2D eigenvalue weighted by molar-refractivity contribution is 0.204. The number of rotatable bonds is 4. The number of nitrogens with one attached hydrogen (secondary N) is 1. The summed E-state index contributed by atoms with van der Waals surface area (Å²) in [6.07, 6.45) is 2.92. The number of benzene rings is 1. The van der Waals surface area contributed by atoms with Gasteiger partial charge in [0.25, 0.3) is 0 Å². The predicted octanol–water partition coefficient (Wildman–Crippen LogP) is 1.82. The van der Waals surface area contributed by atoms with Crippen LogP contribution in [0.15, 0.2) is 41.8 Å². The second-order valence-electron chi connectivity index (χ2n) is 3.39. The first kappa shape index (κ1) is 11.0. The molecule has 0 amide bonds. The number of hydrogen-bond donors (Lipinski definition) is 3. The lowest BCUT2D eigenvalue weighted by atomic mass is 10.1. The quantitative estimate of drug-likeness (QED) is 0.558. The van der Waals surface area contributed by atoms with Crippen molar-refractivity contribution in [1.82, 2.24) is 9.97 Å². The molecule has 1 aromatic heterocycles. The number of aliphatic hydroxyl groups excluding tert-OH is 1. The van der Waals surface area contributed by atoms with Crippen molar-refractivity contribution >= 4 is 17.4 Å². The number of aromatic nitrogens is 2. The molecule has 84 valence electrons. The van der Waals surface area contributed by atoms with Crippen molar-refractivity contribution in [3.05, 3.63) is 42.2 Å². The molecule has 0 saturated carbocycles. The first-order valence-electron chi connectivity index (χ1n) is 4.91. The second-order valence-corrected chi connectivity index (χ2v) is 4.40. The van der Waals surface area contributed by atoms with E-state index in [1.54, 1.807) is 24.5 Å². The van der Waals surface area contributed by atoms with Gasteiger partial charge in [-0.1, -0.05) is 23.9 Å². The maximum atomic E-state index is 9.93. The van der Waals surface area contributed by atoms with Gasteiger partial charge in [0.15, 0.2) is 5.16 Å². The fourth-order valence-electron chi connectivity index (χ4n) is 1.35. The van der Waals surface area contributed by atoms with E-state index in [1.807, 2.05) is 12.1 Å². The van der Waals surface area contributed by atoms with Gasteiger partial charge in [-0.25, -0.2) is 4.98 Å². The van der Waals surface area contributed by atoms with Crippen LogP contribution in [0.5, 0.6) is 0 Å². The molecule has 0 aliphatic carbocycles. The second kappa shape index (κ2) is 5.05. The molecule has 4 N–H and O–H groups in total. The van der Waals surface area contributed by atoms with Gasteiger partial charge in [-0.05, 0) is 17.7 Å². The van der Waals surface area contributed by atoms with Gasteiger partial charge in [0.1, 0.15) is 0 Å². The van der Waals surface area contributed by atoms with Crippen molar-refractivity contribution in [2.45, 2.75) is 11.3 Å². The molecule has 16 heavy (non-hydrogen) atoms.